The predicted octanol–water partition coefficient (Wildman–Crippen LogP) is 3.48. The predicted molar refractivity (Wildman–Crippen MR) is 128 cm³/mol. The number of aliphatic imine (C=N–C) groups is 1. The Morgan fingerprint density at radius 2 is 1.97 bits per heavy atom. The molecule has 2 N–H and O–H groups in total. The van der Waals surface area contributed by atoms with Crippen molar-refractivity contribution in [2.45, 2.75) is 26.3 Å². The van der Waals surface area contributed by atoms with Gasteiger partial charge in [0.25, 0.3) is 0 Å². The summed E-state index contributed by atoms with van der Waals surface area (Å²) in [7, 11) is 1.75. The van der Waals surface area contributed by atoms with Crippen molar-refractivity contribution in [2.24, 2.45) is 4.99 Å². The average molecular weight is 508 g/mol. The van der Waals surface area contributed by atoms with E-state index in [0.717, 1.165) is 35.9 Å². The highest BCUT2D eigenvalue weighted by atomic mass is 127. The lowest BCUT2D eigenvalue weighted by Gasteiger charge is -2.16. The molecule has 1 amide bonds. The summed E-state index contributed by atoms with van der Waals surface area (Å²) in [6, 6.07) is 16.1. The molecule has 0 bridgehead atoms. The van der Waals surface area contributed by atoms with Crippen LogP contribution in [0.15, 0.2) is 53.5 Å². The number of halogens is 1. The van der Waals surface area contributed by atoms with E-state index in [0.29, 0.717) is 26.1 Å². The molecule has 0 radical (unpaired) electrons. The van der Waals surface area contributed by atoms with Gasteiger partial charge >= 0.3 is 0 Å². The Balaban J connectivity index is 0.00000300. The summed E-state index contributed by atoms with van der Waals surface area (Å²) in [4.78, 5) is 17.9. The molecule has 2 aromatic carbocycles. The van der Waals surface area contributed by atoms with Gasteiger partial charge in [-0.05, 0) is 48.7 Å². The van der Waals surface area contributed by atoms with E-state index in [1.165, 1.54) is 5.56 Å². The fourth-order valence-electron chi connectivity index (χ4n) is 3.16. The van der Waals surface area contributed by atoms with Gasteiger partial charge in [-0.15, -0.1) is 24.0 Å². The lowest BCUT2D eigenvalue weighted by Crippen LogP contribution is -2.38. The molecule has 7 heteroatoms. The van der Waals surface area contributed by atoms with E-state index in [2.05, 4.69) is 15.6 Å². The molecule has 0 unspecified atom stereocenters. The van der Waals surface area contributed by atoms with Crippen LogP contribution in [0, 0.1) is 6.92 Å². The number of benzene rings is 2. The van der Waals surface area contributed by atoms with E-state index < -0.39 is 0 Å². The Morgan fingerprint density at radius 3 is 2.62 bits per heavy atom. The molecule has 3 rings (SSSR count). The minimum absolute atomic E-state index is 0. The van der Waals surface area contributed by atoms with Crippen LogP contribution in [-0.4, -0.2) is 38.6 Å². The standard InChI is InChI=1S/C22H28N4O2.HI/c1-17-5-3-6-20(15-17)28-14-12-24-22(23-2)25-16-18-8-10-19(11-9-18)26-13-4-7-21(26)27;/h3,5-6,8-11,15H,4,7,12-14,16H2,1-2H3,(H2,23,24,25);1H. The number of amides is 1. The number of ether oxygens (including phenoxy) is 1. The van der Waals surface area contributed by atoms with Gasteiger partial charge in [0, 0.05) is 32.2 Å². The van der Waals surface area contributed by atoms with Crippen LogP contribution in [-0.2, 0) is 11.3 Å². The molecule has 2 aromatic rings. The SMILES string of the molecule is CN=C(NCCOc1cccc(C)c1)NCc1ccc(N2CCCC2=O)cc1.I. The molecule has 1 aliphatic rings. The van der Waals surface area contributed by atoms with Crippen molar-refractivity contribution in [3.05, 3.63) is 59.7 Å². The van der Waals surface area contributed by atoms with Crippen LogP contribution in [0.2, 0.25) is 0 Å². The molecular formula is C22H29IN4O2. The first kappa shape index (κ1) is 23.0. The number of guanidine groups is 1. The monoisotopic (exact) mass is 508 g/mol. The largest absolute Gasteiger partial charge is 0.492 e. The number of carbonyl (C=O) groups is 1. The zero-order valence-electron chi connectivity index (χ0n) is 17.0. The molecule has 29 heavy (non-hydrogen) atoms. The fraction of sp³-hybridized carbons (Fsp3) is 0.364. The molecule has 0 atom stereocenters. The molecule has 6 nitrogen and oxygen atoms in total. The maximum atomic E-state index is 11.8. The van der Waals surface area contributed by atoms with E-state index in [-0.39, 0.29) is 29.9 Å². The van der Waals surface area contributed by atoms with Crippen molar-refractivity contribution in [1.82, 2.24) is 10.6 Å². The van der Waals surface area contributed by atoms with Gasteiger partial charge < -0.3 is 20.3 Å². The van der Waals surface area contributed by atoms with Crippen LogP contribution in [0.5, 0.6) is 5.75 Å². The van der Waals surface area contributed by atoms with E-state index >= 15 is 0 Å². The second-order valence-electron chi connectivity index (χ2n) is 6.83. The van der Waals surface area contributed by atoms with Crippen molar-refractivity contribution in [2.75, 3.05) is 31.6 Å². The Bertz CT molecular complexity index is 824. The fourth-order valence-corrected chi connectivity index (χ4v) is 3.16. The van der Waals surface area contributed by atoms with E-state index in [9.17, 15) is 4.79 Å². The number of rotatable bonds is 7. The van der Waals surface area contributed by atoms with Gasteiger partial charge in [-0.3, -0.25) is 9.79 Å². The van der Waals surface area contributed by atoms with Crippen molar-refractivity contribution in [3.63, 3.8) is 0 Å². The Kier molecular flexibility index (Phi) is 9.24. The van der Waals surface area contributed by atoms with Gasteiger partial charge in [0.2, 0.25) is 5.91 Å². The average Bonchev–Trinajstić information content (AvgIpc) is 3.14. The number of nitrogens with one attached hydrogen (secondary N) is 2. The van der Waals surface area contributed by atoms with Gasteiger partial charge in [0.15, 0.2) is 5.96 Å². The first-order valence-corrected chi connectivity index (χ1v) is 9.69. The molecule has 1 heterocycles. The lowest BCUT2D eigenvalue weighted by molar-refractivity contribution is -0.117. The summed E-state index contributed by atoms with van der Waals surface area (Å²) in [6.45, 7) is 4.74. The van der Waals surface area contributed by atoms with Crippen LogP contribution < -0.4 is 20.3 Å². The van der Waals surface area contributed by atoms with Crippen LogP contribution in [0.3, 0.4) is 0 Å². The summed E-state index contributed by atoms with van der Waals surface area (Å²) in [5, 5.41) is 6.54. The minimum atomic E-state index is 0. The number of carbonyl (C=O) groups excluding carboxylic acids is 1. The summed E-state index contributed by atoms with van der Waals surface area (Å²) in [5.74, 6) is 1.82. The van der Waals surface area contributed by atoms with Crippen LogP contribution >= 0.6 is 24.0 Å². The summed E-state index contributed by atoms with van der Waals surface area (Å²) in [5.41, 5.74) is 3.29. The number of hydrogen-bond acceptors (Lipinski definition) is 3. The molecule has 156 valence electrons. The third-order valence-corrected chi connectivity index (χ3v) is 4.66. The molecule has 1 saturated heterocycles. The summed E-state index contributed by atoms with van der Waals surface area (Å²) < 4.78 is 5.74. The molecule has 0 aromatic heterocycles. The number of anilines is 1. The number of hydrogen-bond donors (Lipinski definition) is 2. The molecule has 0 aliphatic carbocycles. The van der Waals surface area contributed by atoms with E-state index in [1.807, 2.05) is 60.4 Å². The van der Waals surface area contributed by atoms with Crippen molar-refractivity contribution in [1.29, 1.82) is 0 Å². The van der Waals surface area contributed by atoms with E-state index in [1.54, 1.807) is 7.05 Å². The highest BCUT2D eigenvalue weighted by molar-refractivity contribution is 14.0. The minimum Gasteiger partial charge on any atom is -0.492 e. The second kappa shape index (κ2) is 11.6. The lowest BCUT2D eigenvalue weighted by atomic mass is 10.2. The van der Waals surface area contributed by atoms with Gasteiger partial charge in [-0.25, -0.2) is 0 Å². The van der Waals surface area contributed by atoms with Gasteiger partial charge in [0.05, 0.1) is 6.54 Å². The maximum Gasteiger partial charge on any atom is 0.227 e. The highest BCUT2D eigenvalue weighted by Gasteiger charge is 2.21. The topological polar surface area (TPSA) is 66.0 Å². The van der Waals surface area contributed by atoms with Gasteiger partial charge in [0.1, 0.15) is 12.4 Å². The smallest absolute Gasteiger partial charge is 0.227 e. The molecule has 0 spiro atoms. The van der Waals surface area contributed by atoms with Gasteiger partial charge in [-0.2, -0.15) is 0 Å². The Morgan fingerprint density at radius 1 is 1.17 bits per heavy atom. The normalized spacial score (nSPS) is 13.8. The van der Waals surface area contributed by atoms with Crippen LogP contribution in [0.1, 0.15) is 24.0 Å². The third kappa shape index (κ3) is 6.92. The Labute approximate surface area is 189 Å². The molecule has 0 saturated carbocycles. The van der Waals surface area contributed by atoms with E-state index in [4.69, 9.17) is 4.74 Å². The number of nitrogens with zero attached hydrogens (tertiary/aromatic N) is 2. The van der Waals surface area contributed by atoms with Gasteiger partial charge in [-0.1, -0.05) is 24.3 Å². The number of aryl methyl sites for hydroxylation is 1. The maximum absolute atomic E-state index is 11.8. The van der Waals surface area contributed by atoms with Crippen molar-refractivity contribution in [3.8, 4) is 5.75 Å². The first-order valence-electron chi connectivity index (χ1n) is 9.69. The Hall–Kier alpha value is -2.29. The first-order chi connectivity index (χ1) is 13.7. The van der Waals surface area contributed by atoms with Crippen LogP contribution in [0.25, 0.3) is 0 Å². The van der Waals surface area contributed by atoms with Crippen molar-refractivity contribution < 1.29 is 9.53 Å². The zero-order chi connectivity index (χ0) is 19.8. The van der Waals surface area contributed by atoms with Crippen molar-refractivity contribution >= 4 is 41.5 Å². The highest BCUT2D eigenvalue weighted by Crippen LogP contribution is 2.21. The molecule has 1 aliphatic heterocycles. The zero-order valence-corrected chi connectivity index (χ0v) is 19.3. The second-order valence-corrected chi connectivity index (χ2v) is 6.83. The molecule has 1 fully saturated rings. The summed E-state index contributed by atoms with van der Waals surface area (Å²) in [6.07, 6.45) is 1.59. The molecular weight excluding hydrogens is 479 g/mol. The van der Waals surface area contributed by atoms with Crippen LogP contribution in [0.4, 0.5) is 5.69 Å². The quantitative estimate of drug-likeness (QED) is 0.260. The third-order valence-electron chi connectivity index (χ3n) is 4.66. The summed E-state index contributed by atoms with van der Waals surface area (Å²) >= 11 is 0.